The number of imidazole rings is 1. The van der Waals surface area contributed by atoms with Gasteiger partial charge in [-0.2, -0.15) is 0 Å². The van der Waals surface area contributed by atoms with Crippen LogP contribution in [0.25, 0.3) is 0 Å². The van der Waals surface area contributed by atoms with Gasteiger partial charge in [-0.1, -0.05) is 30.3 Å². The average molecular weight is 433 g/mol. The van der Waals surface area contributed by atoms with Crippen molar-refractivity contribution < 1.29 is 14.3 Å². The highest BCUT2D eigenvalue weighted by atomic mass is 16.5. The predicted octanol–water partition coefficient (Wildman–Crippen LogP) is 3.50. The van der Waals surface area contributed by atoms with Crippen LogP contribution < -0.4 is 10.1 Å². The van der Waals surface area contributed by atoms with Gasteiger partial charge in [-0.15, -0.1) is 0 Å². The molecule has 166 valence electrons. The minimum Gasteiger partial charge on any atom is -0.484 e. The highest BCUT2D eigenvalue weighted by Crippen LogP contribution is 2.20. The topological polar surface area (TPSA) is 76.5 Å². The van der Waals surface area contributed by atoms with Gasteiger partial charge in [0.25, 0.3) is 5.91 Å². The molecule has 2 aromatic carbocycles. The number of nitrogens with zero attached hydrogens (tertiary/aromatic N) is 3. The van der Waals surface area contributed by atoms with Gasteiger partial charge in [0.2, 0.25) is 5.91 Å². The van der Waals surface area contributed by atoms with E-state index in [1.54, 1.807) is 11.1 Å². The van der Waals surface area contributed by atoms with Crippen molar-refractivity contribution in [1.82, 2.24) is 14.5 Å². The molecule has 0 bridgehead atoms. The Morgan fingerprint density at radius 3 is 2.44 bits per heavy atom. The lowest BCUT2D eigenvalue weighted by molar-refractivity contribution is -0.136. The maximum absolute atomic E-state index is 12.7. The first-order valence-corrected chi connectivity index (χ1v) is 10.9. The Bertz CT molecular complexity index is 1040. The number of rotatable bonds is 7. The number of carbonyl (C=O) groups excluding carboxylic acids is 2. The van der Waals surface area contributed by atoms with E-state index in [9.17, 15) is 9.59 Å². The summed E-state index contributed by atoms with van der Waals surface area (Å²) in [5, 5.41) is 3.01. The highest BCUT2D eigenvalue weighted by molar-refractivity contribution is 5.92. The quantitative estimate of drug-likeness (QED) is 0.620. The molecule has 1 aliphatic rings. The average Bonchev–Trinajstić information content (AvgIpc) is 3.23. The molecule has 1 saturated heterocycles. The summed E-state index contributed by atoms with van der Waals surface area (Å²) in [6.45, 7) is 3.88. The summed E-state index contributed by atoms with van der Waals surface area (Å²) in [6, 6.07) is 17.2. The van der Waals surface area contributed by atoms with Crippen LogP contribution in [0.15, 0.2) is 67.0 Å². The third kappa shape index (κ3) is 5.55. The second-order valence-electron chi connectivity index (χ2n) is 8.05. The van der Waals surface area contributed by atoms with Crippen molar-refractivity contribution in [3.8, 4) is 5.75 Å². The van der Waals surface area contributed by atoms with Gasteiger partial charge in [-0.05, 0) is 49.6 Å². The molecule has 32 heavy (non-hydrogen) atoms. The van der Waals surface area contributed by atoms with E-state index < -0.39 is 0 Å². The number of amides is 2. The summed E-state index contributed by atoms with van der Waals surface area (Å²) in [6.07, 6.45) is 5.05. The van der Waals surface area contributed by atoms with Crippen LogP contribution in [0.5, 0.6) is 5.75 Å². The molecule has 0 unspecified atom stereocenters. The number of nitrogens with one attached hydrogen (secondary N) is 1. The first-order valence-electron chi connectivity index (χ1n) is 10.9. The molecule has 2 amide bonds. The molecule has 0 aliphatic carbocycles. The SMILES string of the molecule is Cc1nccn1Cc1ccc(NC(=O)C2CCN(C(=O)COc3ccccc3)CC2)cc1. The summed E-state index contributed by atoms with van der Waals surface area (Å²) in [7, 11) is 0. The molecule has 1 fully saturated rings. The van der Waals surface area contributed by atoms with Crippen molar-refractivity contribution in [3.05, 3.63) is 78.4 Å². The number of ether oxygens (including phenoxy) is 1. The van der Waals surface area contributed by atoms with E-state index >= 15 is 0 Å². The van der Waals surface area contributed by atoms with Gasteiger partial charge in [0.05, 0.1) is 0 Å². The Morgan fingerprint density at radius 2 is 1.78 bits per heavy atom. The lowest BCUT2D eigenvalue weighted by Crippen LogP contribution is -2.43. The number of aromatic nitrogens is 2. The highest BCUT2D eigenvalue weighted by Gasteiger charge is 2.27. The van der Waals surface area contributed by atoms with Crippen LogP contribution in [0.2, 0.25) is 0 Å². The summed E-state index contributed by atoms with van der Waals surface area (Å²) in [5.74, 6) is 1.52. The van der Waals surface area contributed by atoms with Gasteiger partial charge >= 0.3 is 0 Å². The molecule has 0 atom stereocenters. The van der Waals surface area contributed by atoms with Crippen molar-refractivity contribution >= 4 is 17.5 Å². The van der Waals surface area contributed by atoms with E-state index in [2.05, 4.69) is 14.9 Å². The molecular formula is C25H28N4O3. The van der Waals surface area contributed by atoms with E-state index in [1.165, 1.54) is 0 Å². The van der Waals surface area contributed by atoms with Crippen LogP contribution in [-0.2, 0) is 16.1 Å². The Balaban J connectivity index is 1.22. The third-order valence-electron chi connectivity index (χ3n) is 5.82. The maximum Gasteiger partial charge on any atom is 0.260 e. The van der Waals surface area contributed by atoms with E-state index in [-0.39, 0.29) is 24.3 Å². The van der Waals surface area contributed by atoms with Crippen LogP contribution in [0.3, 0.4) is 0 Å². The lowest BCUT2D eigenvalue weighted by Gasteiger charge is -2.31. The minimum atomic E-state index is -0.0950. The largest absolute Gasteiger partial charge is 0.484 e. The van der Waals surface area contributed by atoms with Gasteiger partial charge in [0.1, 0.15) is 11.6 Å². The fourth-order valence-corrected chi connectivity index (χ4v) is 3.85. The summed E-state index contributed by atoms with van der Waals surface area (Å²) in [4.78, 5) is 31.1. The van der Waals surface area contributed by atoms with Gasteiger partial charge in [-0.3, -0.25) is 9.59 Å². The number of likely N-dealkylation sites (tertiary alicyclic amines) is 1. The molecule has 1 aliphatic heterocycles. The standard InChI is InChI=1S/C25H28N4O3/c1-19-26-13-16-29(19)17-20-7-9-22(10-8-20)27-25(31)21-11-14-28(15-12-21)24(30)18-32-23-5-3-2-4-6-23/h2-10,13,16,21H,11-12,14-15,17-18H2,1H3,(H,27,31). The van der Waals surface area contributed by atoms with Gasteiger partial charge in [-0.25, -0.2) is 4.98 Å². The van der Waals surface area contributed by atoms with Crippen LogP contribution in [-0.4, -0.2) is 46.0 Å². The zero-order chi connectivity index (χ0) is 22.3. The van der Waals surface area contributed by atoms with Crippen LogP contribution >= 0.6 is 0 Å². The van der Waals surface area contributed by atoms with Crippen molar-refractivity contribution in [2.75, 3.05) is 25.0 Å². The van der Waals surface area contributed by atoms with Crippen molar-refractivity contribution in [1.29, 1.82) is 0 Å². The minimum absolute atomic E-state index is 0.0100. The van der Waals surface area contributed by atoms with Crippen LogP contribution in [0, 0.1) is 12.8 Å². The fraction of sp³-hybridized carbons (Fsp3) is 0.320. The van der Waals surface area contributed by atoms with E-state index in [0.717, 1.165) is 23.6 Å². The molecule has 7 heteroatoms. The van der Waals surface area contributed by atoms with Crippen molar-refractivity contribution in [2.24, 2.45) is 5.92 Å². The molecule has 4 rings (SSSR count). The van der Waals surface area contributed by atoms with E-state index in [4.69, 9.17) is 4.74 Å². The third-order valence-corrected chi connectivity index (χ3v) is 5.82. The number of anilines is 1. The number of hydrogen-bond donors (Lipinski definition) is 1. The molecule has 3 aromatic rings. The van der Waals surface area contributed by atoms with Gasteiger partial charge in [0.15, 0.2) is 6.61 Å². The second kappa shape index (κ2) is 10.1. The number of para-hydroxylation sites is 1. The molecular weight excluding hydrogens is 404 g/mol. The predicted molar refractivity (Wildman–Crippen MR) is 122 cm³/mol. The summed E-state index contributed by atoms with van der Waals surface area (Å²) >= 11 is 0. The smallest absolute Gasteiger partial charge is 0.260 e. The molecule has 2 heterocycles. The number of benzene rings is 2. The zero-order valence-corrected chi connectivity index (χ0v) is 18.2. The first kappa shape index (κ1) is 21.6. The maximum atomic E-state index is 12.7. The molecule has 0 radical (unpaired) electrons. The van der Waals surface area contributed by atoms with E-state index in [0.29, 0.717) is 31.7 Å². The fourth-order valence-electron chi connectivity index (χ4n) is 3.85. The van der Waals surface area contributed by atoms with Gasteiger partial charge in [0, 0.05) is 43.6 Å². The Morgan fingerprint density at radius 1 is 1.06 bits per heavy atom. The van der Waals surface area contributed by atoms with E-state index in [1.807, 2.05) is 67.7 Å². The Kier molecular flexibility index (Phi) is 6.84. The molecule has 1 aromatic heterocycles. The first-order chi connectivity index (χ1) is 15.6. The number of aryl methyl sites for hydroxylation is 1. The monoisotopic (exact) mass is 432 g/mol. The van der Waals surface area contributed by atoms with Crippen molar-refractivity contribution in [2.45, 2.75) is 26.3 Å². The number of carbonyl (C=O) groups is 2. The Labute approximate surface area is 188 Å². The molecule has 0 saturated carbocycles. The second-order valence-corrected chi connectivity index (χ2v) is 8.05. The normalized spacial score (nSPS) is 14.2. The van der Waals surface area contributed by atoms with Crippen molar-refractivity contribution in [3.63, 3.8) is 0 Å². The Hall–Kier alpha value is -3.61. The van der Waals surface area contributed by atoms with Gasteiger partial charge < -0.3 is 19.5 Å². The number of piperidine rings is 1. The van der Waals surface area contributed by atoms with Crippen LogP contribution in [0.4, 0.5) is 5.69 Å². The summed E-state index contributed by atoms with van der Waals surface area (Å²) < 4.78 is 7.62. The number of hydrogen-bond acceptors (Lipinski definition) is 4. The van der Waals surface area contributed by atoms with Crippen LogP contribution in [0.1, 0.15) is 24.2 Å². The molecule has 0 spiro atoms. The zero-order valence-electron chi connectivity index (χ0n) is 18.2. The molecule has 7 nitrogen and oxygen atoms in total. The molecule has 1 N–H and O–H groups in total. The summed E-state index contributed by atoms with van der Waals surface area (Å²) in [5.41, 5.74) is 1.93. The lowest BCUT2D eigenvalue weighted by atomic mass is 9.95.